The zero-order valence-electron chi connectivity index (χ0n) is 27.5. The zero-order chi connectivity index (χ0) is 32.7. The quantitative estimate of drug-likeness (QED) is 0.185. The van der Waals surface area contributed by atoms with Crippen LogP contribution in [0.4, 0.5) is 0 Å². The van der Waals surface area contributed by atoms with Gasteiger partial charge in [-0.15, -0.1) is 0 Å². The van der Waals surface area contributed by atoms with E-state index in [1.165, 1.54) is 0 Å². The fourth-order valence-corrected chi connectivity index (χ4v) is 6.06. The average molecular weight is 624 g/mol. The van der Waals surface area contributed by atoms with E-state index in [9.17, 15) is 14.4 Å². The molecule has 1 aliphatic rings. The van der Waals surface area contributed by atoms with Crippen molar-refractivity contribution in [1.29, 1.82) is 0 Å². The van der Waals surface area contributed by atoms with Gasteiger partial charge in [-0.25, -0.2) is 0 Å². The maximum absolute atomic E-state index is 13.9. The Labute approximate surface area is 274 Å². The molecule has 3 aromatic rings. The molecule has 4 rings (SSSR count). The molecule has 1 heterocycles. The van der Waals surface area contributed by atoms with Crippen LogP contribution in [0.2, 0.25) is 0 Å². The number of benzene rings is 3. The average Bonchev–Trinajstić information content (AvgIpc) is 3.22. The van der Waals surface area contributed by atoms with Crippen LogP contribution in [0.1, 0.15) is 70.4 Å². The molecule has 2 N–H and O–H groups in total. The monoisotopic (exact) mass is 623 g/mol. The lowest BCUT2D eigenvalue weighted by Gasteiger charge is -2.30. The fraction of sp³-hybridized carbons (Fsp3) is 0.410. The molecule has 7 heteroatoms. The van der Waals surface area contributed by atoms with E-state index in [2.05, 4.69) is 24.5 Å². The standard InChI is InChI=1S/C39H49N3O4/c1-4-15-34(37(43)40-24-14-19-30-16-7-5-8-17-30)35(26-29(2)3)38(44)41-36-23-11-12-25-42(39(36)45)28-31-18-13-22-33(27-31)46-32-20-9-6-10-21-32/h5-10,13-14,16-22,27,29,34-36H,4,11-12,15,23-26,28H2,1-3H3,(H,40,43)(H,41,44)/b19-14+/t34-,35+,36-/m0/s1. The maximum atomic E-state index is 13.9. The summed E-state index contributed by atoms with van der Waals surface area (Å²) in [7, 11) is 0. The molecule has 0 unspecified atom stereocenters. The summed E-state index contributed by atoms with van der Waals surface area (Å²) in [6.45, 7) is 7.62. The molecule has 3 aromatic carbocycles. The third-order valence-electron chi connectivity index (χ3n) is 8.34. The number of carbonyl (C=O) groups excluding carboxylic acids is 3. The van der Waals surface area contributed by atoms with Gasteiger partial charge in [0.2, 0.25) is 17.7 Å². The second-order valence-electron chi connectivity index (χ2n) is 12.6. The lowest BCUT2D eigenvalue weighted by molar-refractivity contribution is -0.140. The minimum atomic E-state index is -0.618. The smallest absolute Gasteiger partial charge is 0.245 e. The molecule has 0 bridgehead atoms. The first-order chi connectivity index (χ1) is 22.3. The van der Waals surface area contributed by atoms with Crippen LogP contribution in [0.15, 0.2) is 91.0 Å². The lowest BCUT2D eigenvalue weighted by atomic mass is 9.81. The van der Waals surface area contributed by atoms with Crippen molar-refractivity contribution < 1.29 is 19.1 Å². The highest BCUT2D eigenvalue weighted by Crippen LogP contribution is 2.27. The SMILES string of the molecule is CCC[C@H](C(=O)NC/C=C/c1ccccc1)[C@@H](CC(C)C)C(=O)N[C@H]1CCCCN(Cc2cccc(Oc3ccccc3)c2)C1=O. The minimum Gasteiger partial charge on any atom is -0.457 e. The van der Waals surface area contributed by atoms with Gasteiger partial charge in [0, 0.05) is 31.5 Å². The highest BCUT2D eigenvalue weighted by Gasteiger charge is 2.36. The third kappa shape index (κ3) is 10.6. The van der Waals surface area contributed by atoms with Gasteiger partial charge in [-0.1, -0.05) is 100 Å². The molecule has 1 saturated heterocycles. The lowest BCUT2D eigenvalue weighted by Crippen LogP contribution is -2.51. The van der Waals surface area contributed by atoms with Crippen LogP contribution in [-0.2, 0) is 20.9 Å². The molecule has 46 heavy (non-hydrogen) atoms. The van der Waals surface area contributed by atoms with Crippen molar-refractivity contribution in [2.45, 2.75) is 71.9 Å². The number of nitrogens with zero attached hydrogens (tertiary/aromatic N) is 1. The van der Waals surface area contributed by atoms with E-state index < -0.39 is 17.9 Å². The van der Waals surface area contributed by atoms with E-state index in [0.717, 1.165) is 36.1 Å². The second kappa shape index (κ2) is 17.9. The van der Waals surface area contributed by atoms with Gasteiger partial charge in [-0.3, -0.25) is 14.4 Å². The Morgan fingerprint density at radius 1 is 0.913 bits per heavy atom. The van der Waals surface area contributed by atoms with Gasteiger partial charge >= 0.3 is 0 Å². The molecular formula is C39H49N3O4. The van der Waals surface area contributed by atoms with Crippen LogP contribution in [0.25, 0.3) is 6.08 Å². The summed E-state index contributed by atoms with van der Waals surface area (Å²) >= 11 is 0. The predicted molar refractivity (Wildman–Crippen MR) is 184 cm³/mol. The highest BCUT2D eigenvalue weighted by molar-refractivity contribution is 5.91. The van der Waals surface area contributed by atoms with Gasteiger partial charge in [-0.2, -0.15) is 0 Å². The van der Waals surface area contributed by atoms with Crippen molar-refractivity contribution in [3.05, 3.63) is 102 Å². The molecule has 0 spiro atoms. The summed E-state index contributed by atoms with van der Waals surface area (Å²) < 4.78 is 6.01. The number of likely N-dealkylation sites (tertiary alicyclic amines) is 1. The molecule has 0 aromatic heterocycles. The van der Waals surface area contributed by atoms with Gasteiger partial charge in [0.1, 0.15) is 17.5 Å². The number of para-hydroxylation sites is 1. The van der Waals surface area contributed by atoms with E-state index in [1.807, 2.05) is 109 Å². The summed E-state index contributed by atoms with van der Waals surface area (Å²) in [6.07, 6.45) is 8.15. The number of hydrogen-bond donors (Lipinski definition) is 2. The minimum absolute atomic E-state index is 0.0777. The molecule has 7 nitrogen and oxygen atoms in total. The molecule has 0 saturated carbocycles. The van der Waals surface area contributed by atoms with E-state index in [-0.39, 0.29) is 23.6 Å². The van der Waals surface area contributed by atoms with Crippen molar-refractivity contribution in [3.63, 3.8) is 0 Å². The molecule has 3 atom stereocenters. The molecule has 1 aliphatic heterocycles. The highest BCUT2D eigenvalue weighted by atomic mass is 16.5. The normalized spacial score (nSPS) is 16.6. The van der Waals surface area contributed by atoms with Crippen LogP contribution in [0.3, 0.4) is 0 Å². The fourth-order valence-electron chi connectivity index (χ4n) is 6.06. The number of carbonyl (C=O) groups is 3. The van der Waals surface area contributed by atoms with E-state index >= 15 is 0 Å². The first kappa shape index (κ1) is 34.5. The molecule has 1 fully saturated rings. The summed E-state index contributed by atoms with van der Waals surface area (Å²) in [5.41, 5.74) is 2.03. The Kier molecular flexibility index (Phi) is 13.4. The van der Waals surface area contributed by atoms with Crippen LogP contribution >= 0.6 is 0 Å². The van der Waals surface area contributed by atoms with Crippen molar-refractivity contribution in [3.8, 4) is 11.5 Å². The number of hydrogen-bond acceptors (Lipinski definition) is 4. The van der Waals surface area contributed by atoms with Gasteiger partial charge < -0.3 is 20.3 Å². The molecule has 0 radical (unpaired) electrons. The Morgan fingerprint density at radius 3 is 2.35 bits per heavy atom. The van der Waals surface area contributed by atoms with Gasteiger partial charge in [0.25, 0.3) is 0 Å². The summed E-state index contributed by atoms with van der Waals surface area (Å²) in [6, 6.07) is 26.7. The number of amides is 3. The maximum Gasteiger partial charge on any atom is 0.245 e. The first-order valence-electron chi connectivity index (χ1n) is 16.7. The molecule has 0 aliphatic carbocycles. The largest absolute Gasteiger partial charge is 0.457 e. The van der Waals surface area contributed by atoms with Crippen molar-refractivity contribution >= 4 is 23.8 Å². The topological polar surface area (TPSA) is 87.7 Å². The van der Waals surface area contributed by atoms with E-state index in [4.69, 9.17) is 4.74 Å². The number of rotatable bonds is 15. The van der Waals surface area contributed by atoms with Crippen LogP contribution in [0, 0.1) is 17.8 Å². The number of nitrogens with one attached hydrogen (secondary N) is 2. The van der Waals surface area contributed by atoms with Crippen LogP contribution < -0.4 is 15.4 Å². The Hall–Kier alpha value is -4.39. The van der Waals surface area contributed by atoms with Crippen molar-refractivity contribution in [2.24, 2.45) is 17.8 Å². The van der Waals surface area contributed by atoms with Gasteiger partial charge in [0.05, 0.1) is 0 Å². The third-order valence-corrected chi connectivity index (χ3v) is 8.34. The van der Waals surface area contributed by atoms with Crippen LogP contribution in [-0.4, -0.2) is 41.8 Å². The van der Waals surface area contributed by atoms with E-state index in [1.54, 1.807) is 0 Å². The van der Waals surface area contributed by atoms with Gasteiger partial charge in [0.15, 0.2) is 0 Å². The summed E-state index contributed by atoms with van der Waals surface area (Å²) in [5.74, 6) is 0.286. The molecule has 244 valence electrons. The Bertz CT molecular complexity index is 1420. The Morgan fingerprint density at radius 2 is 1.63 bits per heavy atom. The second-order valence-corrected chi connectivity index (χ2v) is 12.6. The van der Waals surface area contributed by atoms with Gasteiger partial charge in [-0.05, 0) is 73.4 Å². The van der Waals surface area contributed by atoms with E-state index in [0.29, 0.717) is 44.6 Å². The molecule has 3 amide bonds. The predicted octanol–water partition coefficient (Wildman–Crippen LogP) is 7.38. The zero-order valence-corrected chi connectivity index (χ0v) is 27.5. The molecular weight excluding hydrogens is 574 g/mol. The van der Waals surface area contributed by atoms with Crippen molar-refractivity contribution in [1.82, 2.24) is 15.5 Å². The Balaban J connectivity index is 1.41. The van der Waals surface area contributed by atoms with Crippen molar-refractivity contribution in [2.75, 3.05) is 13.1 Å². The summed E-state index contributed by atoms with van der Waals surface area (Å²) in [5, 5.41) is 6.14. The first-order valence-corrected chi connectivity index (χ1v) is 16.7. The number of ether oxygens (including phenoxy) is 1. The van der Waals surface area contributed by atoms with Crippen LogP contribution in [0.5, 0.6) is 11.5 Å². The summed E-state index contributed by atoms with van der Waals surface area (Å²) in [4.78, 5) is 43.1.